The molecule has 0 bridgehead atoms. The summed E-state index contributed by atoms with van der Waals surface area (Å²) in [4.78, 5) is 24.5. The van der Waals surface area contributed by atoms with Gasteiger partial charge in [0.15, 0.2) is 0 Å². The van der Waals surface area contributed by atoms with Crippen molar-refractivity contribution < 1.29 is 24.5 Å². The Morgan fingerprint density at radius 2 is 0.723 bits per heavy atom. The summed E-state index contributed by atoms with van der Waals surface area (Å²) < 4.78 is 5.45. The van der Waals surface area contributed by atoms with Crippen molar-refractivity contribution in [3.8, 4) is 0 Å². The van der Waals surface area contributed by atoms with E-state index in [2.05, 4.69) is 31.3 Å². The minimum Gasteiger partial charge on any atom is -0.466 e. The molecule has 0 aliphatic rings. The fourth-order valence-electron chi connectivity index (χ4n) is 8.98. The number of aliphatic hydroxyl groups is 2. The summed E-state index contributed by atoms with van der Waals surface area (Å²) in [6.45, 7) is 4.85. The molecule has 6 heteroatoms. The number of unbranched alkanes of at least 4 members (excludes halogenated alkanes) is 41. The molecule has 0 rings (SSSR count). The number of rotatable bonds is 54. The smallest absolute Gasteiger partial charge is 0.305 e. The van der Waals surface area contributed by atoms with E-state index < -0.39 is 12.1 Å². The largest absolute Gasteiger partial charge is 0.466 e. The first-order valence-corrected chi connectivity index (χ1v) is 29.1. The molecule has 2 atom stereocenters. The van der Waals surface area contributed by atoms with E-state index in [1.165, 1.54) is 205 Å². The second-order valence-electron chi connectivity index (χ2n) is 20.0. The van der Waals surface area contributed by atoms with Gasteiger partial charge >= 0.3 is 5.97 Å². The molecule has 6 nitrogen and oxygen atoms in total. The highest BCUT2D eigenvalue weighted by Gasteiger charge is 2.18. The molecule has 0 aliphatic heterocycles. The van der Waals surface area contributed by atoms with Crippen LogP contribution in [0, 0.1) is 0 Å². The monoisotopic (exact) mass is 916 g/mol. The molecule has 0 aliphatic carbocycles. The average molecular weight is 917 g/mol. The number of allylic oxidation sites excluding steroid dienone is 3. The van der Waals surface area contributed by atoms with Crippen molar-refractivity contribution in [2.45, 2.75) is 328 Å². The van der Waals surface area contributed by atoms with Gasteiger partial charge in [-0.2, -0.15) is 0 Å². The van der Waals surface area contributed by atoms with Crippen LogP contribution in [0.4, 0.5) is 0 Å². The van der Waals surface area contributed by atoms with E-state index in [-0.39, 0.29) is 18.5 Å². The average Bonchev–Trinajstić information content (AvgIpc) is 3.31. The minimum absolute atomic E-state index is 0.0295. The molecular weight excluding hydrogens is 803 g/mol. The summed E-state index contributed by atoms with van der Waals surface area (Å²) in [7, 11) is 0. The molecule has 0 aromatic rings. The fraction of sp³-hybridized carbons (Fsp3) is 0.898. The summed E-state index contributed by atoms with van der Waals surface area (Å²) in [5.74, 6) is -0.124. The van der Waals surface area contributed by atoms with Crippen molar-refractivity contribution in [3.05, 3.63) is 24.3 Å². The first-order valence-electron chi connectivity index (χ1n) is 29.1. The third kappa shape index (κ3) is 51.6. The van der Waals surface area contributed by atoms with Gasteiger partial charge in [0.2, 0.25) is 5.91 Å². The van der Waals surface area contributed by atoms with Crippen LogP contribution >= 0.6 is 0 Å². The number of hydrogen-bond donors (Lipinski definition) is 3. The van der Waals surface area contributed by atoms with Gasteiger partial charge in [-0.1, -0.05) is 269 Å². The summed E-state index contributed by atoms with van der Waals surface area (Å²) in [6.07, 6.45) is 66.3. The molecule has 0 radical (unpaired) electrons. The number of esters is 1. The highest BCUT2D eigenvalue weighted by atomic mass is 16.5. The minimum atomic E-state index is -0.863. The Labute approximate surface area is 405 Å². The van der Waals surface area contributed by atoms with Gasteiger partial charge in [-0.25, -0.2) is 0 Å². The lowest BCUT2D eigenvalue weighted by molar-refractivity contribution is -0.143. The molecular formula is C59H113NO5. The maximum absolute atomic E-state index is 12.5. The highest BCUT2D eigenvalue weighted by Crippen LogP contribution is 2.17. The van der Waals surface area contributed by atoms with Gasteiger partial charge in [0.1, 0.15) is 0 Å². The molecule has 2 unspecified atom stereocenters. The Balaban J connectivity index is 3.53. The molecule has 3 N–H and O–H groups in total. The summed E-state index contributed by atoms with van der Waals surface area (Å²) in [5.41, 5.74) is 0. The Kier molecular flexibility index (Phi) is 53.5. The number of amides is 1. The van der Waals surface area contributed by atoms with E-state index in [1.54, 1.807) is 6.08 Å². The van der Waals surface area contributed by atoms with Crippen LogP contribution in [0.5, 0.6) is 0 Å². The van der Waals surface area contributed by atoms with E-state index in [1.807, 2.05) is 6.08 Å². The predicted octanol–water partition coefficient (Wildman–Crippen LogP) is 17.9. The molecule has 384 valence electrons. The number of hydrogen-bond acceptors (Lipinski definition) is 5. The first-order chi connectivity index (χ1) is 32.0. The summed E-state index contributed by atoms with van der Waals surface area (Å²) in [6, 6.07) is -0.649. The lowest BCUT2D eigenvalue weighted by atomic mass is 10.0. The third-order valence-electron chi connectivity index (χ3n) is 13.5. The van der Waals surface area contributed by atoms with Gasteiger partial charge in [-0.15, -0.1) is 0 Å². The van der Waals surface area contributed by atoms with E-state index >= 15 is 0 Å². The van der Waals surface area contributed by atoms with Gasteiger partial charge in [-0.05, 0) is 57.8 Å². The molecule has 0 heterocycles. The second-order valence-corrected chi connectivity index (χ2v) is 20.0. The Bertz CT molecular complexity index is 1010. The van der Waals surface area contributed by atoms with Crippen molar-refractivity contribution >= 4 is 11.9 Å². The Morgan fingerprint density at radius 3 is 1.09 bits per heavy atom. The van der Waals surface area contributed by atoms with Crippen LogP contribution in [0.3, 0.4) is 0 Å². The maximum Gasteiger partial charge on any atom is 0.305 e. The van der Waals surface area contributed by atoms with Crippen molar-refractivity contribution in [3.63, 3.8) is 0 Å². The molecule has 0 spiro atoms. The zero-order valence-corrected chi connectivity index (χ0v) is 43.7. The van der Waals surface area contributed by atoms with Gasteiger partial charge in [0.25, 0.3) is 0 Å². The SMILES string of the molecule is CCCCCCCCCCCCCCCCCCCCCC/C=C/C(O)C(CO)NC(=O)CCCCCCC/C=C\CCCCOC(=O)CCCCCCCCCCCCCCCCC. The molecule has 0 aromatic carbocycles. The highest BCUT2D eigenvalue weighted by molar-refractivity contribution is 5.76. The van der Waals surface area contributed by atoms with Crippen molar-refractivity contribution in [1.82, 2.24) is 5.32 Å². The van der Waals surface area contributed by atoms with Crippen LogP contribution in [0.1, 0.15) is 316 Å². The molecule has 0 fully saturated rings. The van der Waals surface area contributed by atoms with Gasteiger partial charge in [-0.3, -0.25) is 9.59 Å². The van der Waals surface area contributed by atoms with Gasteiger partial charge in [0, 0.05) is 12.8 Å². The molecule has 1 amide bonds. The van der Waals surface area contributed by atoms with E-state index in [9.17, 15) is 19.8 Å². The number of nitrogens with one attached hydrogen (secondary N) is 1. The van der Waals surface area contributed by atoms with Crippen molar-refractivity contribution in [1.29, 1.82) is 0 Å². The van der Waals surface area contributed by atoms with Gasteiger partial charge < -0.3 is 20.3 Å². The lowest BCUT2D eigenvalue weighted by Gasteiger charge is -2.20. The van der Waals surface area contributed by atoms with Crippen LogP contribution < -0.4 is 5.32 Å². The van der Waals surface area contributed by atoms with Crippen LogP contribution in [0.2, 0.25) is 0 Å². The second kappa shape index (κ2) is 54.9. The van der Waals surface area contributed by atoms with Crippen molar-refractivity contribution in [2.24, 2.45) is 0 Å². The Morgan fingerprint density at radius 1 is 0.415 bits per heavy atom. The normalized spacial score (nSPS) is 12.7. The zero-order valence-electron chi connectivity index (χ0n) is 43.7. The van der Waals surface area contributed by atoms with Crippen LogP contribution in [0.25, 0.3) is 0 Å². The standard InChI is InChI=1S/C59H113NO5/c1-3-5-7-9-11-13-15-17-19-20-21-22-23-24-25-27-28-31-35-39-43-47-51-57(62)56(55-61)60-58(63)52-48-44-40-36-32-30-34-38-42-46-50-54-65-59(64)53-49-45-41-37-33-29-26-18-16-14-12-10-8-6-4-2/h34,38,47,51,56-57,61-62H,3-33,35-37,39-46,48-50,52-55H2,1-2H3,(H,60,63)/b38-34-,51-47+. The molecule has 0 saturated heterocycles. The molecule has 0 aromatic heterocycles. The van der Waals surface area contributed by atoms with Gasteiger partial charge in [0.05, 0.1) is 25.4 Å². The van der Waals surface area contributed by atoms with E-state index in [0.717, 1.165) is 83.5 Å². The number of carbonyl (C=O) groups is 2. The fourth-order valence-corrected chi connectivity index (χ4v) is 8.98. The molecule has 65 heavy (non-hydrogen) atoms. The molecule has 0 saturated carbocycles. The van der Waals surface area contributed by atoms with E-state index in [4.69, 9.17) is 4.74 Å². The van der Waals surface area contributed by atoms with Crippen LogP contribution in [-0.4, -0.2) is 47.4 Å². The van der Waals surface area contributed by atoms with Crippen LogP contribution in [-0.2, 0) is 14.3 Å². The number of ether oxygens (including phenoxy) is 1. The zero-order chi connectivity index (χ0) is 47.2. The lowest BCUT2D eigenvalue weighted by Crippen LogP contribution is -2.45. The third-order valence-corrected chi connectivity index (χ3v) is 13.5. The summed E-state index contributed by atoms with van der Waals surface area (Å²) in [5, 5.41) is 23.2. The summed E-state index contributed by atoms with van der Waals surface area (Å²) >= 11 is 0. The van der Waals surface area contributed by atoms with Crippen LogP contribution in [0.15, 0.2) is 24.3 Å². The predicted molar refractivity (Wildman–Crippen MR) is 283 cm³/mol. The maximum atomic E-state index is 12.5. The number of carbonyl (C=O) groups excluding carboxylic acids is 2. The quantitative estimate of drug-likeness (QED) is 0.0321. The Hall–Kier alpha value is -1.66. The number of aliphatic hydroxyl groups excluding tert-OH is 2. The van der Waals surface area contributed by atoms with E-state index in [0.29, 0.717) is 19.4 Å². The first kappa shape index (κ1) is 63.3. The van der Waals surface area contributed by atoms with Crippen molar-refractivity contribution in [2.75, 3.05) is 13.2 Å². The topological polar surface area (TPSA) is 95.9 Å².